The second kappa shape index (κ2) is 2.71. The Bertz CT molecular complexity index is 198. The standard InChI is InChI=1S/C11H20N2/c1-11(3-2-4-12-11)8-13-6-9-5-10(9)7-13/h9-10,12H,2-8H2,1H3. The molecule has 1 aliphatic carbocycles. The molecule has 0 spiro atoms. The zero-order chi connectivity index (χ0) is 8.89. The fourth-order valence-electron chi connectivity index (χ4n) is 3.21. The molecular formula is C11H20N2. The summed E-state index contributed by atoms with van der Waals surface area (Å²) in [4.78, 5) is 2.68. The van der Waals surface area contributed by atoms with Gasteiger partial charge in [0, 0.05) is 25.2 Å². The first-order valence-electron chi connectivity index (χ1n) is 5.73. The first kappa shape index (κ1) is 8.25. The molecule has 1 saturated carbocycles. The van der Waals surface area contributed by atoms with Crippen molar-refractivity contribution in [3.8, 4) is 0 Å². The topological polar surface area (TPSA) is 15.3 Å². The molecule has 0 aromatic carbocycles. The molecule has 1 N–H and O–H groups in total. The van der Waals surface area contributed by atoms with Crippen LogP contribution in [0.3, 0.4) is 0 Å². The van der Waals surface area contributed by atoms with Crippen LogP contribution >= 0.6 is 0 Å². The van der Waals surface area contributed by atoms with E-state index in [0.717, 1.165) is 11.8 Å². The Balaban J connectivity index is 1.56. The Morgan fingerprint density at radius 1 is 1.38 bits per heavy atom. The second-order valence-electron chi connectivity index (χ2n) is 5.54. The van der Waals surface area contributed by atoms with E-state index in [9.17, 15) is 0 Å². The van der Waals surface area contributed by atoms with E-state index in [0.29, 0.717) is 5.54 Å². The Hall–Kier alpha value is -0.0800. The van der Waals surface area contributed by atoms with Crippen molar-refractivity contribution in [3.63, 3.8) is 0 Å². The van der Waals surface area contributed by atoms with Crippen LogP contribution in [0, 0.1) is 11.8 Å². The zero-order valence-electron chi connectivity index (χ0n) is 8.55. The lowest BCUT2D eigenvalue weighted by Crippen LogP contribution is -2.47. The van der Waals surface area contributed by atoms with Crippen LogP contribution in [0.5, 0.6) is 0 Å². The minimum atomic E-state index is 0.441. The fraction of sp³-hybridized carbons (Fsp3) is 1.00. The first-order chi connectivity index (χ1) is 6.25. The molecule has 13 heavy (non-hydrogen) atoms. The van der Waals surface area contributed by atoms with Gasteiger partial charge in [0.1, 0.15) is 0 Å². The van der Waals surface area contributed by atoms with E-state index in [1.54, 1.807) is 0 Å². The third kappa shape index (κ3) is 1.50. The molecule has 2 saturated heterocycles. The lowest BCUT2D eigenvalue weighted by atomic mass is 10.00. The lowest BCUT2D eigenvalue weighted by molar-refractivity contribution is 0.222. The second-order valence-corrected chi connectivity index (χ2v) is 5.54. The third-order valence-corrected chi connectivity index (χ3v) is 4.08. The number of nitrogens with zero attached hydrogens (tertiary/aromatic N) is 1. The van der Waals surface area contributed by atoms with Gasteiger partial charge in [0.2, 0.25) is 0 Å². The van der Waals surface area contributed by atoms with Crippen LogP contribution in [0.4, 0.5) is 0 Å². The summed E-state index contributed by atoms with van der Waals surface area (Å²) in [6.07, 6.45) is 4.27. The van der Waals surface area contributed by atoms with E-state index in [1.807, 2.05) is 0 Å². The molecule has 2 heterocycles. The Morgan fingerprint density at radius 3 is 2.77 bits per heavy atom. The average Bonchev–Trinajstić information content (AvgIpc) is 2.54. The van der Waals surface area contributed by atoms with E-state index < -0.39 is 0 Å². The summed E-state index contributed by atoms with van der Waals surface area (Å²) in [5.74, 6) is 2.18. The van der Waals surface area contributed by atoms with Gasteiger partial charge in [-0.25, -0.2) is 0 Å². The number of nitrogens with one attached hydrogen (secondary N) is 1. The molecule has 74 valence electrons. The van der Waals surface area contributed by atoms with Gasteiger partial charge in [-0.2, -0.15) is 0 Å². The molecule has 0 radical (unpaired) electrons. The monoisotopic (exact) mass is 180 g/mol. The SMILES string of the molecule is CC1(CN2CC3CC3C2)CCCN1. The molecule has 3 rings (SSSR count). The highest BCUT2D eigenvalue weighted by Gasteiger charge is 2.46. The Morgan fingerprint density at radius 2 is 2.15 bits per heavy atom. The summed E-state index contributed by atoms with van der Waals surface area (Å²) in [5, 5.41) is 3.65. The number of piperidine rings is 1. The Kier molecular flexibility index (Phi) is 1.72. The molecule has 3 atom stereocenters. The van der Waals surface area contributed by atoms with E-state index in [1.165, 1.54) is 45.4 Å². The van der Waals surface area contributed by atoms with Gasteiger partial charge >= 0.3 is 0 Å². The fourth-order valence-corrected chi connectivity index (χ4v) is 3.21. The van der Waals surface area contributed by atoms with Crippen LogP contribution in [0.2, 0.25) is 0 Å². The molecular weight excluding hydrogens is 160 g/mol. The van der Waals surface area contributed by atoms with Gasteiger partial charge in [-0.05, 0) is 44.6 Å². The van der Waals surface area contributed by atoms with Crippen molar-refractivity contribution >= 4 is 0 Å². The van der Waals surface area contributed by atoms with Crippen molar-refractivity contribution in [3.05, 3.63) is 0 Å². The molecule has 3 aliphatic rings. The summed E-state index contributed by atoms with van der Waals surface area (Å²) in [5.41, 5.74) is 0.441. The van der Waals surface area contributed by atoms with Crippen molar-refractivity contribution < 1.29 is 0 Å². The summed E-state index contributed by atoms with van der Waals surface area (Å²) in [6.45, 7) is 7.70. The van der Waals surface area contributed by atoms with Gasteiger partial charge < -0.3 is 10.2 Å². The van der Waals surface area contributed by atoms with Crippen LogP contribution in [-0.4, -0.2) is 36.6 Å². The van der Waals surface area contributed by atoms with E-state index in [2.05, 4.69) is 17.1 Å². The normalized spacial score (nSPS) is 49.6. The quantitative estimate of drug-likeness (QED) is 0.684. The van der Waals surface area contributed by atoms with Crippen molar-refractivity contribution in [1.29, 1.82) is 0 Å². The molecule has 0 aromatic heterocycles. The van der Waals surface area contributed by atoms with E-state index >= 15 is 0 Å². The van der Waals surface area contributed by atoms with Crippen LogP contribution < -0.4 is 5.32 Å². The van der Waals surface area contributed by atoms with E-state index in [-0.39, 0.29) is 0 Å². The predicted molar refractivity (Wildman–Crippen MR) is 53.7 cm³/mol. The van der Waals surface area contributed by atoms with Gasteiger partial charge in [0.05, 0.1) is 0 Å². The molecule has 2 nitrogen and oxygen atoms in total. The van der Waals surface area contributed by atoms with Gasteiger partial charge in [-0.1, -0.05) is 0 Å². The summed E-state index contributed by atoms with van der Waals surface area (Å²) in [6, 6.07) is 0. The smallest absolute Gasteiger partial charge is 0.0280 e. The van der Waals surface area contributed by atoms with Crippen molar-refractivity contribution in [1.82, 2.24) is 10.2 Å². The largest absolute Gasteiger partial charge is 0.310 e. The minimum absolute atomic E-state index is 0.441. The molecule has 3 unspecified atom stereocenters. The highest BCUT2D eigenvalue weighted by Crippen LogP contribution is 2.45. The number of rotatable bonds is 2. The van der Waals surface area contributed by atoms with Crippen LogP contribution in [0.15, 0.2) is 0 Å². The number of hydrogen-bond acceptors (Lipinski definition) is 2. The maximum Gasteiger partial charge on any atom is 0.0280 e. The maximum absolute atomic E-state index is 3.65. The van der Waals surface area contributed by atoms with Crippen LogP contribution in [0.1, 0.15) is 26.2 Å². The third-order valence-electron chi connectivity index (χ3n) is 4.08. The number of likely N-dealkylation sites (tertiary alicyclic amines) is 1. The molecule has 0 amide bonds. The number of fused-ring (bicyclic) bond motifs is 1. The summed E-state index contributed by atoms with van der Waals surface area (Å²) < 4.78 is 0. The van der Waals surface area contributed by atoms with Crippen molar-refractivity contribution in [2.24, 2.45) is 11.8 Å². The Labute approximate surface area is 80.7 Å². The molecule has 3 fully saturated rings. The summed E-state index contributed by atoms with van der Waals surface area (Å²) in [7, 11) is 0. The van der Waals surface area contributed by atoms with Gasteiger partial charge in [0.15, 0.2) is 0 Å². The van der Waals surface area contributed by atoms with Gasteiger partial charge in [0.25, 0.3) is 0 Å². The molecule has 0 aromatic rings. The average molecular weight is 180 g/mol. The van der Waals surface area contributed by atoms with Crippen LogP contribution in [0.25, 0.3) is 0 Å². The van der Waals surface area contributed by atoms with Crippen molar-refractivity contribution in [2.75, 3.05) is 26.2 Å². The minimum Gasteiger partial charge on any atom is -0.310 e. The first-order valence-corrected chi connectivity index (χ1v) is 5.73. The molecule has 2 heteroatoms. The lowest BCUT2D eigenvalue weighted by Gasteiger charge is -2.30. The van der Waals surface area contributed by atoms with Gasteiger partial charge in [-0.15, -0.1) is 0 Å². The number of hydrogen-bond donors (Lipinski definition) is 1. The van der Waals surface area contributed by atoms with E-state index in [4.69, 9.17) is 0 Å². The molecule has 2 aliphatic heterocycles. The predicted octanol–water partition coefficient (Wildman–Crippen LogP) is 1.08. The van der Waals surface area contributed by atoms with Gasteiger partial charge in [-0.3, -0.25) is 0 Å². The molecule has 0 bridgehead atoms. The summed E-state index contributed by atoms with van der Waals surface area (Å²) >= 11 is 0. The highest BCUT2D eigenvalue weighted by molar-refractivity contribution is 5.00. The maximum atomic E-state index is 3.65. The highest BCUT2D eigenvalue weighted by atomic mass is 15.2. The zero-order valence-corrected chi connectivity index (χ0v) is 8.55. The van der Waals surface area contributed by atoms with Crippen molar-refractivity contribution in [2.45, 2.75) is 31.7 Å². The van der Waals surface area contributed by atoms with Crippen LogP contribution in [-0.2, 0) is 0 Å².